The Balaban J connectivity index is 1.88. The minimum absolute atomic E-state index is 0.642. The van der Waals surface area contributed by atoms with Crippen molar-refractivity contribution in [3.8, 4) is 40.1 Å². The SMILES string of the molecule is COc1ccc2nc(-c3cc4cc(OC)c(OC)cc4c4cc(OC)c(OC)cc34)[nH]c2c1. The lowest BCUT2D eigenvalue weighted by atomic mass is 9.95. The van der Waals surface area contributed by atoms with Crippen molar-refractivity contribution in [3.63, 3.8) is 0 Å². The van der Waals surface area contributed by atoms with Gasteiger partial charge in [-0.3, -0.25) is 0 Å². The first-order valence-electron chi connectivity index (χ1n) is 10.4. The van der Waals surface area contributed by atoms with Gasteiger partial charge in [0.1, 0.15) is 11.6 Å². The molecule has 1 heterocycles. The van der Waals surface area contributed by atoms with E-state index in [1.165, 1.54) is 0 Å². The Labute approximate surface area is 190 Å². The number of methoxy groups -OCH3 is 5. The van der Waals surface area contributed by atoms with E-state index in [1.807, 2.05) is 42.5 Å². The molecule has 5 aromatic rings. The molecule has 0 fully saturated rings. The molecule has 0 atom stereocenters. The Morgan fingerprint density at radius 2 is 1.21 bits per heavy atom. The van der Waals surface area contributed by atoms with Crippen molar-refractivity contribution in [1.29, 1.82) is 0 Å². The largest absolute Gasteiger partial charge is 0.497 e. The molecule has 5 rings (SSSR count). The van der Waals surface area contributed by atoms with Crippen LogP contribution < -0.4 is 23.7 Å². The van der Waals surface area contributed by atoms with E-state index in [4.69, 9.17) is 28.7 Å². The number of rotatable bonds is 6. The maximum atomic E-state index is 5.60. The van der Waals surface area contributed by atoms with Crippen LogP contribution in [-0.2, 0) is 0 Å². The standard InChI is InChI=1S/C26H24N2O5/c1-29-15-6-7-20-21(10-15)28-26(27-20)19-8-14-9-22(30-2)23(31-3)11-16(14)17-12-24(32-4)25(33-5)13-18(17)19/h6-13H,1-5H3,(H,27,28). The molecule has 0 bridgehead atoms. The number of fused-ring (bicyclic) bond motifs is 4. The summed E-state index contributed by atoms with van der Waals surface area (Å²) in [4.78, 5) is 8.29. The van der Waals surface area contributed by atoms with E-state index < -0.39 is 0 Å². The molecule has 0 radical (unpaired) electrons. The average Bonchev–Trinajstić information content (AvgIpc) is 3.29. The number of aromatic amines is 1. The van der Waals surface area contributed by atoms with E-state index in [0.717, 1.165) is 49.7 Å². The Morgan fingerprint density at radius 3 is 1.85 bits per heavy atom. The van der Waals surface area contributed by atoms with Crippen molar-refractivity contribution in [3.05, 3.63) is 48.5 Å². The summed E-state index contributed by atoms with van der Waals surface area (Å²) in [6.45, 7) is 0. The Hall–Kier alpha value is -4.13. The van der Waals surface area contributed by atoms with Gasteiger partial charge in [0.2, 0.25) is 0 Å². The molecule has 0 aliphatic rings. The molecule has 0 unspecified atom stereocenters. The summed E-state index contributed by atoms with van der Waals surface area (Å²) in [5.41, 5.74) is 2.68. The number of benzene rings is 4. The molecule has 0 amide bonds. The number of hydrogen-bond donors (Lipinski definition) is 1. The van der Waals surface area contributed by atoms with Crippen LogP contribution in [0.15, 0.2) is 48.5 Å². The molecular formula is C26H24N2O5. The second-order valence-electron chi connectivity index (χ2n) is 7.57. The van der Waals surface area contributed by atoms with Gasteiger partial charge in [-0.15, -0.1) is 0 Å². The fraction of sp³-hybridized carbons (Fsp3) is 0.192. The predicted octanol–water partition coefficient (Wildman–Crippen LogP) is 5.58. The van der Waals surface area contributed by atoms with Crippen LogP contribution in [0.2, 0.25) is 0 Å². The van der Waals surface area contributed by atoms with Gasteiger partial charge in [-0.1, -0.05) is 0 Å². The quantitative estimate of drug-likeness (QED) is 0.345. The summed E-state index contributed by atoms with van der Waals surface area (Å²) in [7, 11) is 8.17. The minimum atomic E-state index is 0.642. The van der Waals surface area contributed by atoms with Gasteiger partial charge in [0, 0.05) is 11.6 Å². The minimum Gasteiger partial charge on any atom is -0.497 e. The second kappa shape index (κ2) is 8.09. The van der Waals surface area contributed by atoms with E-state index in [9.17, 15) is 0 Å². The number of imidazole rings is 1. The lowest BCUT2D eigenvalue weighted by Gasteiger charge is -2.15. The zero-order chi connectivity index (χ0) is 23.1. The van der Waals surface area contributed by atoms with Crippen LogP contribution in [0.4, 0.5) is 0 Å². The van der Waals surface area contributed by atoms with Gasteiger partial charge in [-0.25, -0.2) is 4.98 Å². The van der Waals surface area contributed by atoms with Crippen LogP contribution in [0.3, 0.4) is 0 Å². The zero-order valence-electron chi connectivity index (χ0n) is 19.1. The van der Waals surface area contributed by atoms with E-state index >= 15 is 0 Å². The van der Waals surface area contributed by atoms with Crippen molar-refractivity contribution in [2.75, 3.05) is 35.5 Å². The van der Waals surface area contributed by atoms with E-state index in [-0.39, 0.29) is 0 Å². The number of nitrogens with zero attached hydrogens (tertiary/aromatic N) is 1. The molecule has 4 aromatic carbocycles. The monoisotopic (exact) mass is 444 g/mol. The molecule has 7 nitrogen and oxygen atoms in total. The summed E-state index contributed by atoms with van der Waals surface area (Å²) in [6.07, 6.45) is 0. The lowest BCUT2D eigenvalue weighted by Crippen LogP contribution is -1.95. The molecule has 0 spiro atoms. The van der Waals surface area contributed by atoms with Gasteiger partial charge in [0.15, 0.2) is 23.0 Å². The third kappa shape index (κ3) is 3.33. The van der Waals surface area contributed by atoms with E-state index in [1.54, 1.807) is 35.5 Å². The maximum absolute atomic E-state index is 5.60. The Morgan fingerprint density at radius 1 is 0.606 bits per heavy atom. The van der Waals surface area contributed by atoms with Gasteiger partial charge >= 0.3 is 0 Å². The van der Waals surface area contributed by atoms with Crippen molar-refractivity contribution in [2.45, 2.75) is 0 Å². The first kappa shape index (κ1) is 20.8. The fourth-order valence-corrected chi connectivity index (χ4v) is 4.24. The normalized spacial score (nSPS) is 11.2. The highest BCUT2D eigenvalue weighted by atomic mass is 16.5. The number of H-pyrrole nitrogens is 1. The number of hydrogen-bond acceptors (Lipinski definition) is 6. The van der Waals surface area contributed by atoms with Crippen molar-refractivity contribution < 1.29 is 23.7 Å². The third-order valence-corrected chi connectivity index (χ3v) is 5.90. The number of aromatic nitrogens is 2. The van der Waals surface area contributed by atoms with E-state index in [2.05, 4.69) is 11.1 Å². The van der Waals surface area contributed by atoms with Crippen LogP contribution in [0, 0.1) is 0 Å². The van der Waals surface area contributed by atoms with Gasteiger partial charge < -0.3 is 28.7 Å². The first-order valence-corrected chi connectivity index (χ1v) is 10.4. The average molecular weight is 444 g/mol. The molecule has 0 saturated heterocycles. The third-order valence-electron chi connectivity index (χ3n) is 5.90. The van der Waals surface area contributed by atoms with Crippen molar-refractivity contribution in [1.82, 2.24) is 9.97 Å². The van der Waals surface area contributed by atoms with Crippen molar-refractivity contribution in [2.24, 2.45) is 0 Å². The lowest BCUT2D eigenvalue weighted by molar-refractivity contribution is 0.355. The van der Waals surface area contributed by atoms with Gasteiger partial charge in [0.05, 0.1) is 46.6 Å². The highest BCUT2D eigenvalue weighted by Crippen LogP contribution is 2.43. The number of nitrogens with one attached hydrogen (secondary N) is 1. The predicted molar refractivity (Wildman–Crippen MR) is 129 cm³/mol. The van der Waals surface area contributed by atoms with Crippen molar-refractivity contribution >= 4 is 32.6 Å². The number of ether oxygens (including phenoxy) is 5. The molecule has 1 aromatic heterocycles. The molecule has 0 aliphatic carbocycles. The smallest absolute Gasteiger partial charge is 0.161 e. The van der Waals surface area contributed by atoms with Crippen LogP contribution in [0.25, 0.3) is 44.0 Å². The second-order valence-corrected chi connectivity index (χ2v) is 7.57. The summed E-state index contributed by atoms with van der Waals surface area (Å²) < 4.78 is 27.7. The molecular weight excluding hydrogens is 420 g/mol. The van der Waals surface area contributed by atoms with Crippen LogP contribution in [0.5, 0.6) is 28.7 Å². The van der Waals surface area contributed by atoms with Crippen LogP contribution >= 0.6 is 0 Å². The molecule has 0 aliphatic heterocycles. The summed E-state index contributed by atoms with van der Waals surface area (Å²) in [5, 5.41) is 3.95. The maximum Gasteiger partial charge on any atom is 0.161 e. The molecule has 33 heavy (non-hydrogen) atoms. The zero-order valence-corrected chi connectivity index (χ0v) is 19.1. The topological polar surface area (TPSA) is 74.8 Å². The van der Waals surface area contributed by atoms with Gasteiger partial charge in [-0.2, -0.15) is 0 Å². The highest BCUT2D eigenvalue weighted by Gasteiger charge is 2.18. The highest BCUT2D eigenvalue weighted by molar-refractivity contribution is 6.15. The summed E-state index contributed by atoms with van der Waals surface area (Å²) in [6, 6.07) is 15.8. The molecule has 0 saturated carbocycles. The summed E-state index contributed by atoms with van der Waals surface area (Å²) >= 11 is 0. The van der Waals surface area contributed by atoms with Gasteiger partial charge in [-0.05, 0) is 64.0 Å². The molecule has 1 N–H and O–H groups in total. The van der Waals surface area contributed by atoms with Crippen LogP contribution in [-0.4, -0.2) is 45.5 Å². The Bertz CT molecular complexity index is 1510. The molecule has 7 heteroatoms. The first-order chi connectivity index (χ1) is 16.1. The van der Waals surface area contributed by atoms with Crippen LogP contribution in [0.1, 0.15) is 0 Å². The Kier molecular flexibility index (Phi) is 5.09. The van der Waals surface area contributed by atoms with E-state index in [0.29, 0.717) is 23.0 Å². The molecule has 168 valence electrons. The fourth-order valence-electron chi connectivity index (χ4n) is 4.24. The van der Waals surface area contributed by atoms with Gasteiger partial charge in [0.25, 0.3) is 0 Å². The summed E-state index contributed by atoms with van der Waals surface area (Å²) in [5.74, 6) is 4.11.